The second-order valence-electron chi connectivity index (χ2n) is 11.8. The van der Waals surface area contributed by atoms with Crippen LogP contribution < -0.4 is 0 Å². The predicted molar refractivity (Wildman–Crippen MR) is 107 cm³/mol. The first-order valence-corrected chi connectivity index (χ1v) is 11.1. The van der Waals surface area contributed by atoms with E-state index in [0.717, 1.165) is 11.3 Å². The maximum atomic E-state index is 2.85. The van der Waals surface area contributed by atoms with Gasteiger partial charge < -0.3 is 0 Å². The van der Waals surface area contributed by atoms with Crippen molar-refractivity contribution in [3.05, 3.63) is 0 Å². The van der Waals surface area contributed by atoms with Gasteiger partial charge in [-0.1, -0.05) is 6.42 Å². The normalized spacial score (nSPS) is 36.6. The van der Waals surface area contributed by atoms with Crippen LogP contribution in [-0.4, -0.2) is 47.1 Å². The van der Waals surface area contributed by atoms with Gasteiger partial charge in [-0.2, -0.15) is 0 Å². The molecule has 2 saturated heterocycles. The summed E-state index contributed by atoms with van der Waals surface area (Å²) in [5.41, 5.74) is 2.21. The molecule has 2 atom stereocenters. The highest BCUT2D eigenvalue weighted by molar-refractivity contribution is 5.09. The zero-order chi connectivity index (χ0) is 17.9. The SMILES string of the molecule is CC(C)(C)N1CCCC2(CC2CC(C)(C)N2CCC3(CCC3)CC2)C1. The van der Waals surface area contributed by atoms with Crippen molar-refractivity contribution < 1.29 is 0 Å². The molecule has 0 aromatic rings. The molecular weight excluding hydrogens is 304 g/mol. The average molecular weight is 347 g/mol. The number of piperidine rings is 2. The summed E-state index contributed by atoms with van der Waals surface area (Å²) in [6.07, 6.45) is 13.3. The first-order chi connectivity index (χ1) is 11.6. The summed E-state index contributed by atoms with van der Waals surface area (Å²) in [4.78, 5) is 5.62. The summed E-state index contributed by atoms with van der Waals surface area (Å²) in [6.45, 7) is 17.7. The number of nitrogens with zero attached hydrogens (tertiary/aromatic N) is 2. The third kappa shape index (κ3) is 3.43. The Kier molecular flexibility index (Phi) is 4.36. The molecule has 0 aromatic heterocycles. The van der Waals surface area contributed by atoms with Crippen molar-refractivity contribution in [3.63, 3.8) is 0 Å². The summed E-state index contributed by atoms with van der Waals surface area (Å²) in [5, 5.41) is 0. The Balaban J connectivity index is 1.33. The molecule has 2 nitrogen and oxygen atoms in total. The second-order valence-corrected chi connectivity index (χ2v) is 11.8. The van der Waals surface area contributed by atoms with E-state index in [4.69, 9.17) is 0 Å². The van der Waals surface area contributed by atoms with E-state index in [9.17, 15) is 0 Å². The third-order valence-electron chi connectivity index (χ3n) is 8.76. The van der Waals surface area contributed by atoms with Crippen molar-refractivity contribution in [3.8, 4) is 0 Å². The van der Waals surface area contributed by atoms with Crippen molar-refractivity contribution in [2.24, 2.45) is 16.7 Å². The van der Waals surface area contributed by atoms with Crippen molar-refractivity contribution in [1.29, 1.82) is 0 Å². The van der Waals surface area contributed by atoms with E-state index in [1.165, 1.54) is 84.0 Å². The topological polar surface area (TPSA) is 6.48 Å². The molecule has 25 heavy (non-hydrogen) atoms. The molecule has 0 N–H and O–H groups in total. The van der Waals surface area contributed by atoms with Gasteiger partial charge in [-0.25, -0.2) is 0 Å². The van der Waals surface area contributed by atoms with Crippen molar-refractivity contribution in [2.75, 3.05) is 26.2 Å². The fourth-order valence-electron chi connectivity index (χ4n) is 6.45. The average Bonchev–Trinajstić information content (AvgIpc) is 3.15. The summed E-state index contributed by atoms with van der Waals surface area (Å²) >= 11 is 0. The van der Waals surface area contributed by atoms with Crippen LogP contribution in [-0.2, 0) is 0 Å². The van der Waals surface area contributed by atoms with Gasteiger partial charge in [-0.05, 0) is 122 Å². The largest absolute Gasteiger partial charge is 0.298 e. The van der Waals surface area contributed by atoms with Crippen LogP contribution in [0.4, 0.5) is 0 Å². The third-order valence-corrected chi connectivity index (χ3v) is 8.76. The number of hydrogen-bond acceptors (Lipinski definition) is 2. The molecule has 2 heteroatoms. The minimum Gasteiger partial charge on any atom is -0.298 e. The van der Waals surface area contributed by atoms with Gasteiger partial charge in [-0.15, -0.1) is 0 Å². The molecule has 2 aliphatic carbocycles. The van der Waals surface area contributed by atoms with Crippen LogP contribution in [0.5, 0.6) is 0 Å². The molecule has 144 valence electrons. The van der Waals surface area contributed by atoms with Gasteiger partial charge in [0.05, 0.1) is 0 Å². The molecule has 0 amide bonds. The van der Waals surface area contributed by atoms with E-state index >= 15 is 0 Å². The Morgan fingerprint density at radius 3 is 2.04 bits per heavy atom. The maximum absolute atomic E-state index is 2.85. The van der Waals surface area contributed by atoms with Crippen molar-refractivity contribution in [1.82, 2.24) is 9.80 Å². The van der Waals surface area contributed by atoms with Crippen LogP contribution in [0.25, 0.3) is 0 Å². The lowest BCUT2D eigenvalue weighted by Crippen LogP contribution is -2.52. The van der Waals surface area contributed by atoms with Gasteiger partial charge in [0.2, 0.25) is 0 Å². The van der Waals surface area contributed by atoms with Crippen molar-refractivity contribution >= 4 is 0 Å². The Labute approximate surface area is 156 Å². The monoisotopic (exact) mass is 346 g/mol. The van der Waals surface area contributed by atoms with Crippen LogP contribution in [0.2, 0.25) is 0 Å². The van der Waals surface area contributed by atoms with Crippen LogP contribution >= 0.6 is 0 Å². The Morgan fingerprint density at radius 1 is 0.800 bits per heavy atom. The number of likely N-dealkylation sites (tertiary alicyclic amines) is 2. The predicted octanol–water partition coefficient (Wildman–Crippen LogP) is 5.32. The molecule has 4 rings (SSSR count). The van der Waals surface area contributed by atoms with Crippen LogP contribution in [0.1, 0.15) is 92.4 Å². The molecule has 2 unspecified atom stereocenters. The zero-order valence-electron chi connectivity index (χ0n) is 17.7. The summed E-state index contributed by atoms with van der Waals surface area (Å²) in [7, 11) is 0. The standard InChI is InChI=1S/C23H42N2/c1-20(2,3)25-13-7-10-23(18-25)17-19(23)16-21(4,5)24-14-11-22(12-15-24)8-6-9-22/h19H,6-18H2,1-5H3. The van der Waals surface area contributed by atoms with Gasteiger partial charge >= 0.3 is 0 Å². The lowest BCUT2D eigenvalue weighted by atomic mass is 9.63. The van der Waals surface area contributed by atoms with E-state index in [2.05, 4.69) is 44.4 Å². The molecule has 2 aliphatic heterocycles. The minimum absolute atomic E-state index is 0.347. The fourth-order valence-corrected chi connectivity index (χ4v) is 6.45. The first kappa shape index (κ1) is 18.3. The van der Waals surface area contributed by atoms with Gasteiger partial charge in [0.25, 0.3) is 0 Å². The van der Waals surface area contributed by atoms with Gasteiger partial charge in [0, 0.05) is 17.6 Å². The van der Waals surface area contributed by atoms with E-state index in [-0.39, 0.29) is 0 Å². The van der Waals surface area contributed by atoms with Gasteiger partial charge in [0.15, 0.2) is 0 Å². The van der Waals surface area contributed by atoms with Crippen LogP contribution in [0.15, 0.2) is 0 Å². The van der Waals surface area contributed by atoms with Gasteiger partial charge in [-0.3, -0.25) is 9.80 Å². The quantitative estimate of drug-likeness (QED) is 0.682. The first-order valence-electron chi connectivity index (χ1n) is 11.1. The van der Waals surface area contributed by atoms with E-state index < -0.39 is 0 Å². The lowest BCUT2D eigenvalue weighted by molar-refractivity contribution is -0.0146. The fraction of sp³-hybridized carbons (Fsp3) is 1.00. The lowest BCUT2D eigenvalue weighted by Gasteiger charge is -2.52. The highest BCUT2D eigenvalue weighted by Gasteiger charge is 2.57. The molecular formula is C23H42N2. The molecule has 4 fully saturated rings. The second kappa shape index (κ2) is 5.96. The highest BCUT2D eigenvalue weighted by Crippen LogP contribution is 2.62. The molecule has 2 heterocycles. The number of hydrogen-bond donors (Lipinski definition) is 0. The van der Waals surface area contributed by atoms with Crippen LogP contribution in [0.3, 0.4) is 0 Å². The molecule has 4 aliphatic rings. The van der Waals surface area contributed by atoms with E-state index in [0.29, 0.717) is 16.5 Å². The van der Waals surface area contributed by atoms with Gasteiger partial charge in [0.1, 0.15) is 0 Å². The molecule has 2 spiro atoms. The number of rotatable bonds is 3. The minimum atomic E-state index is 0.347. The highest BCUT2D eigenvalue weighted by atomic mass is 15.2. The Bertz CT molecular complexity index is 489. The molecule has 0 bridgehead atoms. The molecule has 0 radical (unpaired) electrons. The van der Waals surface area contributed by atoms with E-state index in [1.54, 1.807) is 0 Å². The maximum Gasteiger partial charge on any atom is 0.0156 e. The zero-order valence-corrected chi connectivity index (χ0v) is 17.7. The summed E-state index contributed by atoms with van der Waals surface area (Å²) < 4.78 is 0. The summed E-state index contributed by atoms with van der Waals surface area (Å²) in [6, 6.07) is 0. The van der Waals surface area contributed by atoms with E-state index in [1.807, 2.05) is 0 Å². The summed E-state index contributed by atoms with van der Waals surface area (Å²) in [5.74, 6) is 0.979. The van der Waals surface area contributed by atoms with Crippen molar-refractivity contribution in [2.45, 2.75) is 103 Å². The smallest absolute Gasteiger partial charge is 0.0156 e. The Hall–Kier alpha value is -0.0800. The molecule has 0 aromatic carbocycles. The molecule has 2 saturated carbocycles. The van der Waals surface area contributed by atoms with Crippen LogP contribution in [0, 0.1) is 16.7 Å². The Morgan fingerprint density at radius 2 is 1.48 bits per heavy atom.